The number of nitrogens with one attached hydrogen (secondary N) is 1. The molecule has 5 rings (SSSR count). The highest BCUT2D eigenvalue weighted by molar-refractivity contribution is 7.92. The van der Waals surface area contributed by atoms with Gasteiger partial charge in [-0.1, -0.05) is 24.3 Å². The summed E-state index contributed by atoms with van der Waals surface area (Å²) in [5.74, 6) is 0.606. The summed E-state index contributed by atoms with van der Waals surface area (Å²) in [5.41, 5.74) is 3.81. The van der Waals surface area contributed by atoms with Gasteiger partial charge in [-0.05, 0) is 42.2 Å². The molecule has 176 valence electrons. The van der Waals surface area contributed by atoms with Gasteiger partial charge in [-0.3, -0.25) is 9.52 Å². The molecule has 9 heteroatoms. The number of aliphatic hydroxyl groups is 1. The molecule has 0 aromatic heterocycles. The van der Waals surface area contributed by atoms with Gasteiger partial charge in [0.2, 0.25) is 15.9 Å². The summed E-state index contributed by atoms with van der Waals surface area (Å²) in [6.07, 6.45) is 1.47. The average molecular weight is 473 g/mol. The van der Waals surface area contributed by atoms with Crippen LogP contribution >= 0.6 is 0 Å². The molecule has 0 bridgehead atoms. The minimum absolute atomic E-state index is 0.0382. The van der Waals surface area contributed by atoms with Crippen LogP contribution in [0.2, 0.25) is 0 Å². The first kappa shape index (κ1) is 22.2. The van der Waals surface area contributed by atoms with E-state index in [0.717, 1.165) is 18.2 Å². The van der Waals surface area contributed by atoms with Gasteiger partial charge in [-0.15, -0.1) is 0 Å². The minimum atomic E-state index is -3.41. The maximum absolute atomic E-state index is 13.1. The van der Waals surface area contributed by atoms with Crippen LogP contribution in [0.3, 0.4) is 0 Å². The molecular weight excluding hydrogens is 444 g/mol. The summed E-state index contributed by atoms with van der Waals surface area (Å²) in [5, 5.41) is 9.94. The predicted molar refractivity (Wildman–Crippen MR) is 123 cm³/mol. The van der Waals surface area contributed by atoms with E-state index in [1.807, 2.05) is 17.0 Å². The molecule has 1 fully saturated rings. The molecule has 2 aromatic carbocycles. The fraction of sp³-hybridized carbons (Fsp3) is 0.458. The van der Waals surface area contributed by atoms with Crippen LogP contribution in [0.25, 0.3) is 0 Å². The number of rotatable bonds is 5. The lowest BCUT2D eigenvalue weighted by atomic mass is 9.84. The molecule has 2 aromatic rings. The van der Waals surface area contributed by atoms with Crippen molar-refractivity contribution < 1.29 is 27.8 Å². The standard InChI is InChI=1S/C24H28N2O6S/c1-33(29,30)25-17-6-7-21-19(10-17)20-11-18(31-22(14-27)24(20)32-21)12-23(28)26-9-8-15-4-2-3-5-16(15)13-26/h2-7,10,18,20,22,24-25,27H,8-9,11-14H2,1H3/t18-,20+,22+,24-/m1/s1. The summed E-state index contributed by atoms with van der Waals surface area (Å²) >= 11 is 0. The third-order valence-corrected chi connectivity index (χ3v) is 7.29. The molecule has 0 aliphatic carbocycles. The second-order valence-corrected chi connectivity index (χ2v) is 10.8. The van der Waals surface area contributed by atoms with Gasteiger partial charge in [-0.25, -0.2) is 8.42 Å². The number of nitrogens with zero attached hydrogens (tertiary/aromatic N) is 1. The number of sulfonamides is 1. The second kappa shape index (κ2) is 8.62. The van der Waals surface area contributed by atoms with Crippen LogP contribution in [0.4, 0.5) is 5.69 Å². The van der Waals surface area contributed by atoms with E-state index in [-0.39, 0.29) is 37.1 Å². The first-order valence-corrected chi connectivity index (χ1v) is 13.1. The van der Waals surface area contributed by atoms with E-state index in [1.165, 1.54) is 11.1 Å². The van der Waals surface area contributed by atoms with Gasteiger partial charge in [0, 0.05) is 30.3 Å². The third-order valence-electron chi connectivity index (χ3n) is 6.69. The number of hydrogen-bond donors (Lipinski definition) is 2. The van der Waals surface area contributed by atoms with E-state index in [4.69, 9.17) is 9.47 Å². The van der Waals surface area contributed by atoms with Gasteiger partial charge in [0.1, 0.15) is 18.0 Å². The van der Waals surface area contributed by atoms with Crippen LogP contribution in [-0.4, -0.2) is 62.1 Å². The quantitative estimate of drug-likeness (QED) is 0.690. The van der Waals surface area contributed by atoms with Crippen LogP contribution in [0, 0.1) is 0 Å². The molecule has 33 heavy (non-hydrogen) atoms. The van der Waals surface area contributed by atoms with Crippen molar-refractivity contribution in [1.29, 1.82) is 0 Å². The van der Waals surface area contributed by atoms with Crippen LogP contribution in [0.15, 0.2) is 42.5 Å². The summed E-state index contributed by atoms with van der Waals surface area (Å²) in [7, 11) is -3.41. The van der Waals surface area contributed by atoms with Crippen LogP contribution in [0.1, 0.15) is 35.4 Å². The van der Waals surface area contributed by atoms with Crippen LogP contribution in [-0.2, 0) is 32.5 Å². The molecule has 3 aliphatic heterocycles. The monoisotopic (exact) mass is 472 g/mol. The molecule has 3 heterocycles. The molecule has 0 radical (unpaired) electrons. The number of carbonyl (C=O) groups is 1. The van der Waals surface area contributed by atoms with Gasteiger partial charge in [0.05, 0.1) is 25.4 Å². The van der Waals surface area contributed by atoms with E-state index >= 15 is 0 Å². The van der Waals surface area contributed by atoms with Gasteiger partial charge in [0.25, 0.3) is 0 Å². The van der Waals surface area contributed by atoms with Gasteiger partial charge < -0.3 is 19.5 Å². The lowest BCUT2D eigenvalue weighted by Crippen LogP contribution is -2.48. The molecule has 2 N–H and O–H groups in total. The number of hydrogen-bond acceptors (Lipinski definition) is 6. The van der Waals surface area contributed by atoms with E-state index < -0.39 is 16.1 Å². The Morgan fingerprint density at radius 3 is 2.76 bits per heavy atom. The first-order valence-electron chi connectivity index (χ1n) is 11.2. The van der Waals surface area contributed by atoms with Crippen molar-refractivity contribution in [3.05, 3.63) is 59.2 Å². The smallest absolute Gasteiger partial charge is 0.229 e. The number of anilines is 1. The van der Waals surface area contributed by atoms with Gasteiger partial charge >= 0.3 is 0 Å². The maximum atomic E-state index is 13.1. The number of fused-ring (bicyclic) bond motifs is 4. The minimum Gasteiger partial charge on any atom is -0.487 e. The topological polar surface area (TPSA) is 105 Å². The van der Waals surface area contributed by atoms with Crippen molar-refractivity contribution in [1.82, 2.24) is 4.90 Å². The van der Waals surface area contributed by atoms with Crippen molar-refractivity contribution in [2.24, 2.45) is 0 Å². The third kappa shape index (κ3) is 4.58. The zero-order chi connectivity index (χ0) is 23.2. The Balaban J connectivity index is 1.31. The summed E-state index contributed by atoms with van der Waals surface area (Å²) < 4.78 is 37.9. The van der Waals surface area contributed by atoms with Gasteiger partial charge in [-0.2, -0.15) is 0 Å². The van der Waals surface area contributed by atoms with Crippen molar-refractivity contribution >= 4 is 21.6 Å². The van der Waals surface area contributed by atoms with Crippen molar-refractivity contribution in [3.63, 3.8) is 0 Å². The fourth-order valence-electron chi connectivity index (χ4n) is 5.20. The SMILES string of the molecule is CS(=O)(=O)Nc1ccc2c(c1)[C@@H]1C[C@H](CC(=O)N3CCc4ccccc4C3)O[C@@H](CO)[C@@H]1O2. The number of carbonyl (C=O) groups excluding carboxylic acids is 1. The highest BCUT2D eigenvalue weighted by Gasteiger charge is 2.46. The Bertz CT molecular complexity index is 1170. The molecule has 4 atom stereocenters. The summed E-state index contributed by atoms with van der Waals surface area (Å²) in [4.78, 5) is 15.0. The average Bonchev–Trinajstić information content (AvgIpc) is 3.15. The van der Waals surface area contributed by atoms with Crippen LogP contribution in [0.5, 0.6) is 5.75 Å². The Labute approximate surface area is 193 Å². The largest absolute Gasteiger partial charge is 0.487 e. The van der Waals surface area contributed by atoms with Crippen molar-refractivity contribution in [2.45, 2.75) is 50.0 Å². The second-order valence-electron chi connectivity index (χ2n) is 9.07. The number of benzene rings is 2. The van der Waals surface area contributed by atoms with E-state index in [2.05, 4.69) is 16.9 Å². The molecular formula is C24H28N2O6S. The highest BCUT2D eigenvalue weighted by Crippen LogP contribution is 2.47. The Morgan fingerprint density at radius 2 is 2.00 bits per heavy atom. The lowest BCUT2D eigenvalue weighted by molar-refractivity contribution is -0.149. The molecule has 3 aliphatic rings. The number of ether oxygens (including phenoxy) is 2. The Morgan fingerprint density at radius 1 is 1.21 bits per heavy atom. The molecule has 1 saturated heterocycles. The Kier molecular flexibility index (Phi) is 5.80. The van der Waals surface area contributed by atoms with Crippen LogP contribution < -0.4 is 9.46 Å². The Hall–Kier alpha value is -2.62. The predicted octanol–water partition coefficient (Wildman–Crippen LogP) is 2.03. The molecule has 0 spiro atoms. The summed E-state index contributed by atoms with van der Waals surface area (Å²) in [6, 6.07) is 13.4. The summed E-state index contributed by atoms with van der Waals surface area (Å²) in [6.45, 7) is 1.07. The van der Waals surface area contributed by atoms with Crippen molar-refractivity contribution in [2.75, 3.05) is 24.1 Å². The normalized spacial score (nSPS) is 26.1. The van der Waals surface area contributed by atoms with E-state index in [0.29, 0.717) is 30.9 Å². The zero-order valence-electron chi connectivity index (χ0n) is 18.4. The number of aliphatic hydroxyl groups excluding tert-OH is 1. The first-order chi connectivity index (χ1) is 15.8. The highest BCUT2D eigenvalue weighted by atomic mass is 32.2. The van der Waals surface area contributed by atoms with Crippen molar-refractivity contribution in [3.8, 4) is 5.75 Å². The maximum Gasteiger partial charge on any atom is 0.229 e. The lowest BCUT2D eigenvalue weighted by Gasteiger charge is -2.38. The van der Waals surface area contributed by atoms with E-state index in [9.17, 15) is 18.3 Å². The van der Waals surface area contributed by atoms with E-state index in [1.54, 1.807) is 18.2 Å². The number of amides is 1. The van der Waals surface area contributed by atoms with Gasteiger partial charge in [0.15, 0.2) is 0 Å². The zero-order valence-corrected chi connectivity index (χ0v) is 19.3. The molecule has 0 saturated carbocycles. The molecule has 1 amide bonds. The molecule has 8 nitrogen and oxygen atoms in total. The molecule has 0 unspecified atom stereocenters. The fourth-order valence-corrected chi connectivity index (χ4v) is 5.75.